The molecule has 2 aromatic carbocycles. The van der Waals surface area contributed by atoms with Crippen LogP contribution in [0.5, 0.6) is 0 Å². The van der Waals surface area contributed by atoms with E-state index in [1.54, 1.807) is 19.2 Å². The number of hydrogen-bond acceptors (Lipinski definition) is 6. The monoisotopic (exact) mass is 379 g/mol. The number of rotatable bonds is 4. The first-order valence-electron chi connectivity index (χ1n) is 7.06. The summed E-state index contributed by atoms with van der Waals surface area (Å²) in [6.07, 6.45) is 0. The van der Waals surface area contributed by atoms with Crippen LogP contribution in [0, 0.1) is 17.0 Å². The lowest BCUT2D eigenvalue weighted by Gasteiger charge is -2.09. The Bertz CT molecular complexity index is 1160. The van der Waals surface area contributed by atoms with Gasteiger partial charge in [0.15, 0.2) is 0 Å². The molecule has 8 nitrogen and oxygen atoms in total. The summed E-state index contributed by atoms with van der Waals surface area (Å²) in [5.74, 6) is 0. The molecule has 0 atom stereocenters. The number of anilines is 1. The zero-order valence-electron chi connectivity index (χ0n) is 13.2. The summed E-state index contributed by atoms with van der Waals surface area (Å²) in [4.78, 5) is 21.7. The molecule has 0 aliphatic rings. The van der Waals surface area contributed by atoms with Crippen molar-refractivity contribution in [3.63, 3.8) is 0 Å². The van der Waals surface area contributed by atoms with Crippen LogP contribution in [0.15, 0.2) is 46.1 Å². The zero-order chi connectivity index (χ0) is 18.4. The number of aromatic nitrogens is 1. The Labute approximate surface area is 146 Å². The molecule has 25 heavy (non-hydrogen) atoms. The first-order chi connectivity index (χ1) is 11.7. The quantitative estimate of drug-likeness (QED) is 0.553. The molecule has 1 aromatic heterocycles. The molecule has 3 aromatic rings. The van der Waals surface area contributed by atoms with Crippen LogP contribution in [-0.4, -0.2) is 17.9 Å². The van der Waals surface area contributed by atoms with Crippen molar-refractivity contribution in [2.75, 3.05) is 4.72 Å². The van der Waals surface area contributed by atoms with Crippen LogP contribution in [0.3, 0.4) is 0 Å². The summed E-state index contributed by atoms with van der Waals surface area (Å²) in [6, 6.07) is 8.46. The van der Waals surface area contributed by atoms with Crippen LogP contribution in [0.25, 0.3) is 10.2 Å². The van der Waals surface area contributed by atoms with Gasteiger partial charge in [0.05, 0.1) is 25.7 Å². The summed E-state index contributed by atoms with van der Waals surface area (Å²) in [6.45, 7) is 1.53. The van der Waals surface area contributed by atoms with Crippen molar-refractivity contribution in [1.29, 1.82) is 0 Å². The number of aryl methyl sites for hydroxylation is 2. The Kier molecular flexibility index (Phi) is 4.09. The molecule has 0 spiro atoms. The molecule has 0 aliphatic carbocycles. The average Bonchev–Trinajstić information content (AvgIpc) is 2.81. The molecule has 0 aliphatic heterocycles. The highest BCUT2D eigenvalue weighted by molar-refractivity contribution is 7.92. The molecule has 0 radical (unpaired) electrons. The van der Waals surface area contributed by atoms with Crippen molar-refractivity contribution in [2.45, 2.75) is 11.8 Å². The number of sulfonamides is 1. The number of hydrogen-bond donors (Lipinski definition) is 1. The first-order valence-corrected chi connectivity index (χ1v) is 9.36. The van der Waals surface area contributed by atoms with Gasteiger partial charge >= 0.3 is 4.87 Å². The van der Waals surface area contributed by atoms with Crippen molar-refractivity contribution in [1.82, 2.24) is 4.57 Å². The van der Waals surface area contributed by atoms with E-state index in [4.69, 9.17) is 0 Å². The Morgan fingerprint density at radius 3 is 2.60 bits per heavy atom. The summed E-state index contributed by atoms with van der Waals surface area (Å²) in [5.41, 5.74) is 1.08. The highest BCUT2D eigenvalue weighted by atomic mass is 32.2. The number of fused-ring (bicyclic) bond motifs is 1. The normalized spacial score (nSPS) is 11.6. The van der Waals surface area contributed by atoms with E-state index in [0.717, 1.165) is 17.4 Å². The van der Waals surface area contributed by atoms with Gasteiger partial charge in [-0.1, -0.05) is 17.4 Å². The van der Waals surface area contributed by atoms with Gasteiger partial charge in [0.1, 0.15) is 0 Å². The SMILES string of the molecule is Cc1ccc(S(=O)(=O)Nc2ccc3c(c2)sc(=O)n3C)cc1[N+](=O)[O-]. The Morgan fingerprint density at radius 1 is 1.20 bits per heavy atom. The van der Waals surface area contributed by atoms with E-state index in [0.29, 0.717) is 15.8 Å². The summed E-state index contributed by atoms with van der Waals surface area (Å²) in [7, 11) is -2.36. The molecule has 0 saturated carbocycles. The minimum atomic E-state index is -3.99. The van der Waals surface area contributed by atoms with E-state index in [9.17, 15) is 23.3 Å². The lowest BCUT2D eigenvalue weighted by atomic mass is 10.2. The molecule has 1 N–H and O–H groups in total. The van der Waals surface area contributed by atoms with Gasteiger partial charge in [-0.15, -0.1) is 0 Å². The topological polar surface area (TPSA) is 111 Å². The highest BCUT2D eigenvalue weighted by Gasteiger charge is 2.20. The number of thiazole rings is 1. The van der Waals surface area contributed by atoms with E-state index in [1.165, 1.54) is 29.7 Å². The predicted octanol–water partition coefficient (Wildman–Crippen LogP) is 2.62. The summed E-state index contributed by atoms with van der Waals surface area (Å²) in [5, 5.41) is 11.0. The zero-order valence-corrected chi connectivity index (χ0v) is 14.8. The fourth-order valence-corrected chi connectivity index (χ4v) is 4.35. The third-order valence-corrected chi connectivity index (χ3v) is 6.11. The van der Waals surface area contributed by atoms with Crippen LogP contribution in [0.4, 0.5) is 11.4 Å². The van der Waals surface area contributed by atoms with Crippen molar-refractivity contribution >= 4 is 43.0 Å². The minimum absolute atomic E-state index is 0.149. The maximum absolute atomic E-state index is 12.5. The second-order valence-corrected chi connectivity index (χ2v) is 8.10. The van der Waals surface area contributed by atoms with Crippen molar-refractivity contribution in [3.8, 4) is 0 Å². The molecule has 0 saturated heterocycles. The van der Waals surface area contributed by atoms with Gasteiger partial charge in [-0.25, -0.2) is 8.42 Å². The lowest BCUT2D eigenvalue weighted by molar-refractivity contribution is -0.385. The molecule has 3 rings (SSSR count). The van der Waals surface area contributed by atoms with Crippen LogP contribution < -0.4 is 9.60 Å². The number of nitrogens with zero attached hydrogens (tertiary/aromatic N) is 2. The second kappa shape index (κ2) is 5.97. The number of benzene rings is 2. The van der Waals surface area contributed by atoms with E-state index >= 15 is 0 Å². The molecule has 0 unspecified atom stereocenters. The maximum Gasteiger partial charge on any atom is 0.307 e. The number of nitro groups is 1. The van der Waals surface area contributed by atoms with Gasteiger partial charge in [0.25, 0.3) is 15.7 Å². The molecule has 0 amide bonds. The average molecular weight is 379 g/mol. The Hall–Kier alpha value is -2.72. The van der Waals surface area contributed by atoms with E-state index in [2.05, 4.69) is 4.72 Å². The molecule has 130 valence electrons. The van der Waals surface area contributed by atoms with Crippen LogP contribution >= 0.6 is 11.3 Å². The minimum Gasteiger partial charge on any atom is -0.302 e. The van der Waals surface area contributed by atoms with E-state index in [-0.39, 0.29) is 21.1 Å². The van der Waals surface area contributed by atoms with Gasteiger partial charge in [-0.2, -0.15) is 0 Å². The van der Waals surface area contributed by atoms with Crippen LogP contribution in [0.1, 0.15) is 5.56 Å². The Balaban J connectivity index is 2.00. The smallest absolute Gasteiger partial charge is 0.302 e. The van der Waals surface area contributed by atoms with Crippen molar-refractivity contribution < 1.29 is 13.3 Å². The lowest BCUT2D eigenvalue weighted by Crippen LogP contribution is -2.13. The third kappa shape index (κ3) is 3.13. The van der Waals surface area contributed by atoms with Gasteiger partial charge in [0.2, 0.25) is 0 Å². The summed E-state index contributed by atoms with van der Waals surface area (Å²) >= 11 is 1.01. The maximum atomic E-state index is 12.5. The largest absolute Gasteiger partial charge is 0.307 e. The predicted molar refractivity (Wildman–Crippen MR) is 95.7 cm³/mol. The molecule has 10 heteroatoms. The molecule has 0 bridgehead atoms. The first kappa shape index (κ1) is 17.1. The van der Waals surface area contributed by atoms with Crippen LogP contribution in [0.2, 0.25) is 0 Å². The molecular formula is C15H13N3O5S2. The van der Waals surface area contributed by atoms with Gasteiger partial charge < -0.3 is 4.57 Å². The fraction of sp³-hybridized carbons (Fsp3) is 0.133. The van der Waals surface area contributed by atoms with Gasteiger partial charge in [0, 0.05) is 18.7 Å². The van der Waals surface area contributed by atoms with Gasteiger partial charge in [-0.3, -0.25) is 19.6 Å². The Morgan fingerprint density at radius 2 is 1.92 bits per heavy atom. The number of nitrogens with one attached hydrogen (secondary N) is 1. The highest BCUT2D eigenvalue weighted by Crippen LogP contribution is 2.26. The van der Waals surface area contributed by atoms with E-state index < -0.39 is 14.9 Å². The molecular weight excluding hydrogens is 366 g/mol. The van der Waals surface area contributed by atoms with Crippen LogP contribution in [-0.2, 0) is 17.1 Å². The third-order valence-electron chi connectivity index (χ3n) is 3.73. The van der Waals surface area contributed by atoms with E-state index in [1.807, 2.05) is 0 Å². The standard InChI is InChI=1S/C15H13N3O5S2/c1-9-3-5-11(8-13(9)18(20)21)25(22,23)16-10-4-6-12-14(7-10)24-15(19)17(12)2/h3-8,16H,1-2H3. The summed E-state index contributed by atoms with van der Waals surface area (Å²) < 4.78 is 29.5. The second-order valence-electron chi connectivity index (χ2n) is 5.42. The van der Waals surface area contributed by atoms with Gasteiger partial charge in [-0.05, 0) is 31.2 Å². The van der Waals surface area contributed by atoms with Crippen molar-refractivity contribution in [2.24, 2.45) is 7.05 Å². The van der Waals surface area contributed by atoms with Crippen molar-refractivity contribution in [3.05, 3.63) is 61.7 Å². The fourth-order valence-electron chi connectivity index (χ4n) is 2.36. The molecule has 0 fully saturated rings. The molecule has 1 heterocycles. The number of nitro benzene ring substituents is 1.